The van der Waals surface area contributed by atoms with Crippen LogP contribution in [0.5, 0.6) is 0 Å². The predicted octanol–water partition coefficient (Wildman–Crippen LogP) is 4.04. The normalized spacial score (nSPS) is 12.2. The molecule has 0 radical (unpaired) electrons. The number of thiocarbonyl (C=S) groups is 2. The Morgan fingerprint density at radius 2 is 1.12 bits per heavy atom. The number of hydrogen-bond acceptors (Lipinski definition) is 2. The monoisotopic (exact) mass is 253 g/mol. The van der Waals surface area contributed by atoms with Gasteiger partial charge in [-0.1, -0.05) is 76.4 Å². The van der Waals surface area contributed by atoms with Crippen LogP contribution in [0, 0.1) is 0 Å². The van der Waals surface area contributed by atoms with Gasteiger partial charge in [-0.15, -0.1) is 0 Å². The van der Waals surface area contributed by atoms with E-state index in [1.54, 1.807) is 0 Å². The molecular weight excluding hydrogens is 234 g/mol. The third kappa shape index (κ3) is 2.86. The van der Waals surface area contributed by atoms with Gasteiger partial charge in [0.25, 0.3) is 0 Å². The van der Waals surface area contributed by atoms with Gasteiger partial charge in [0, 0.05) is 18.2 Å². The lowest BCUT2D eigenvalue weighted by Crippen LogP contribution is -2.22. The van der Waals surface area contributed by atoms with E-state index in [4.69, 9.17) is 24.4 Å². The van der Waals surface area contributed by atoms with Crippen molar-refractivity contribution >= 4 is 34.4 Å². The van der Waals surface area contributed by atoms with Gasteiger partial charge in [-0.3, -0.25) is 0 Å². The molecule has 0 spiro atoms. The summed E-state index contributed by atoms with van der Waals surface area (Å²) >= 11 is 10.4. The van der Waals surface area contributed by atoms with E-state index in [1.807, 2.05) is 63.9 Å². The molecular formula is C13H19NS2. The Kier molecular flexibility index (Phi) is 7.10. The Bertz CT molecular complexity index is 337. The first-order valence-electron chi connectivity index (χ1n) is 5.63. The van der Waals surface area contributed by atoms with Crippen LogP contribution < -0.4 is 0 Å². The van der Waals surface area contributed by atoms with Crippen LogP contribution in [0.1, 0.15) is 38.8 Å². The highest BCUT2D eigenvalue weighted by Crippen LogP contribution is 2.22. The summed E-state index contributed by atoms with van der Waals surface area (Å²) in [4.78, 5) is 3.53. The molecule has 1 aliphatic heterocycles. The summed E-state index contributed by atoms with van der Waals surface area (Å²) in [6, 6.07) is 7.97. The largest absolute Gasteiger partial charge is 0.326 e. The maximum atomic E-state index is 5.21. The Hall–Kier alpha value is -0.800. The zero-order chi connectivity index (χ0) is 12.7. The molecule has 0 saturated carbocycles. The van der Waals surface area contributed by atoms with Gasteiger partial charge in [-0.05, 0) is 0 Å². The first kappa shape index (κ1) is 15.2. The molecule has 0 unspecified atom stereocenters. The summed E-state index contributed by atoms with van der Waals surface area (Å²) < 4.78 is 0. The van der Waals surface area contributed by atoms with E-state index in [0.29, 0.717) is 0 Å². The van der Waals surface area contributed by atoms with Gasteiger partial charge in [-0.2, -0.15) is 0 Å². The molecule has 0 amide bonds. The van der Waals surface area contributed by atoms with Gasteiger partial charge in [0.05, 0.1) is 0 Å². The topological polar surface area (TPSA) is 3.24 Å². The van der Waals surface area contributed by atoms with Gasteiger partial charge in [0.2, 0.25) is 0 Å². The minimum absolute atomic E-state index is 0.829. The molecule has 1 aliphatic rings. The molecule has 0 fully saturated rings. The van der Waals surface area contributed by atoms with Crippen molar-refractivity contribution in [1.29, 1.82) is 0 Å². The molecule has 1 aromatic carbocycles. The first-order valence-corrected chi connectivity index (χ1v) is 6.45. The highest BCUT2D eigenvalue weighted by Gasteiger charge is 2.24. The lowest BCUT2D eigenvalue weighted by Gasteiger charge is -2.08. The third-order valence-electron chi connectivity index (χ3n) is 2.00. The van der Waals surface area contributed by atoms with E-state index >= 15 is 0 Å². The fraction of sp³-hybridized carbons (Fsp3) is 0.385. The highest BCUT2D eigenvalue weighted by molar-refractivity contribution is 7.82. The summed E-state index contributed by atoms with van der Waals surface area (Å²) in [6.45, 7) is 8.00. The lowest BCUT2D eigenvalue weighted by atomic mass is 10.1. The Morgan fingerprint density at radius 3 is 1.44 bits per heavy atom. The molecule has 88 valence electrons. The molecule has 0 N–H and O–H groups in total. The van der Waals surface area contributed by atoms with Crippen molar-refractivity contribution in [2.45, 2.75) is 27.7 Å². The van der Waals surface area contributed by atoms with Crippen molar-refractivity contribution in [2.24, 2.45) is 0 Å². The average molecular weight is 253 g/mol. The number of fused-ring (bicyclic) bond motifs is 1. The standard InChI is InChI=1S/C9H7NS2.2C2H6/c1-10-8(11)6-4-2-3-5-7(6)9(10)12;2*1-2/h2-5H,1H3;2*1-2H3. The van der Waals surface area contributed by atoms with Gasteiger partial charge in [0.15, 0.2) is 0 Å². The molecule has 0 aliphatic carbocycles. The summed E-state index contributed by atoms with van der Waals surface area (Å²) in [5.41, 5.74) is 2.17. The number of hydrogen-bond donors (Lipinski definition) is 0. The molecule has 0 bridgehead atoms. The highest BCUT2D eigenvalue weighted by atomic mass is 32.1. The number of benzene rings is 1. The summed E-state index contributed by atoms with van der Waals surface area (Å²) in [7, 11) is 1.91. The second-order valence-corrected chi connectivity index (χ2v) is 3.49. The Labute approximate surface area is 109 Å². The third-order valence-corrected chi connectivity index (χ3v) is 2.98. The molecule has 3 heteroatoms. The van der Waals surface area contributed by atoms with E-state index in [2.05, 4.69) is 0 Å². The first-order chi connectivity index (χ1) is 7.72. The minimum Gasteiger partial charge on any atom is -0.326 e. The maximum Gasteiger partial charge on any atom is 0.114 e. The van der Waals surface area contributed by atoms with E-state index < -0.39 is 0 Å². The van der Waals surface area contributed by atoms with Crippen LogP contribution in [-0.2, 0) is 0 Å². The average Bonchev–Trinajstić information content (AvgIpc) is 2.60. The van der Waals surface area contributed by atoms with Gasteiger partial charge >= 0.3 is 0 Å². The van der Waals surface area contributed by atoms with Gasteiger partial charge in [-0.25, -0.2) is 0 Å². The minimum atomic E-state index is 0.829. The number of nitrogens with zero attached hydrogens (tertiary/aromatic N) is 1. The fourth-order valence-corrected chi connectivity index (χ4v) is 1.91. The van der Waals surface area contributed by atoms with Gasteiger partial charge in [0.1, 0.15) is 9.98 Å². The second kappa shape index (κ2) is 7.47. The Balaban J connectivity index is 0.000000509. The molecule has 0 saturated heterocycles. The number of rotatable bonds is 0. The Morgan fingerprint density at radius 1 is 0.812 bits per heavy atom. The maximum absolute atomic E-state index is 5.21. The van der Waals surface area contributed by atoms with Crippen LogP contribution >= 0.6 is 24.4 Å². The second-order valence-electron chi connectivity index (χ2n) is 2.71. The van der Waals surface area contributed by atoms with Crippen LogP contribution in [-0.4, -0.2) is 21.9 Å². The van der Waals surface area contributed by atoms with Crippen molar-refractivity contribution in [2.75, 3.05) is 7.05 Å². The molecule has 1 heterocycles. The van der Waals surface area contributed by atoms with Crippen LogP contribution in [0.15, 0.2) is 24.3 Å². The van der Waals surface area contributed by atoms with Crippen LogP contribution in [0.25, 0.3) is 0 Å². The van der Waals surface area contributed by atoms with Crippen molar-refractivity contribution in [3.05, 3.63) is 35.4 Å². The van der Waals surface area contributed by atoms with E-state index in [9.17, 15) is 0 Å². The molecule has 0 aromatic heterocycles. The lowest BCUT2D eigenvalue weighted by molar-refractivity contribution is 0.803. The zero-order valence-corrected chi connectivity index (χ0v) is 12.2. The zero-order valence-electron chi connectivity index (χ0n) is 10.6. The molecule has 1 nitrogen and oxygen atoms in total. The quantitative estimate of drug-likeness (QED) is 0.643. The van der Waals surface area contributed by atoms with Crippen molar-refractivity contribution < 1.29 is 0 Å². The van der Waals surface area contributed by atoms with Crippen LogP contribution in [0.3, 0.4) is 0 Å². The molecule has 1 aromatic rings. The molecule has 2 rings (SSSR count). The molecule has 16 heavy (non-hydrogen) atoms. The van der Waals surface area contributed by atoms with Gasteiger partial charge < -0.3 is 4.90 Å². The SMILES string of the molecule is CC.CC.CN1C(=S)c2ccccc2C1=S. The van der Waals surface area contributed by atoms with Crippen LogP contribution in [0.4, 0.5) is 0 Å². The van der Waals surface area contributed by atoms with Crippen molar-refractivity contribution in [3.63, 3.8) is 0 Å². The smallest absolute Gasteiger partial charge is 0.114 e. The van der Waals surface area contributed by atoms with E-state index in [-0.39, 0.29) is 0 Å². The van der Waals surface area contributed by atoms with Crippen molar-refractivity contribution in [1.82, 2.24) is 4.90 Å². The predicted molar refractivity (Wildman–Crippen MR) is 80.3 cm³/mol. The summed E-state index contributed by atoms with van der Waals surface area (Å²) in [5.74, 6) is 0. The van der Waals surface area contributed by atoms with E-state index in [0.717, 1.165) is 21.1 Å². The summed E-state index contributed by atoms with van der Waals surface area (Å²) in [6.07, 6.45) is 0. The van der Waals surface area contributed by atoms with E-state index in [1.165, 1.54) is 0 Å². The van der Waals surface area contributed by atoms with Crippen LogP contribution in [0.2, 0.25) is 0 Å². The van der Waals surface area contributed by atoms with Crippen molar-refractivity contribution in [3.8, 4) is 0 Å². The molecule has 0 atom stereocenters. The fourth-order valence-electron chi connectivity index (χ4n) is 1.31. The summed E-state index contributed by atoms with van der Waals surface area (Å²) in [5, 5.41) is 0.